The fourth-order valence-electron chi connectivity index (χ4n) is 2.47. The van der Waals surface area contributed by atoms with Crippen LogP contribution in [-0.4, -0.2) is 37.6 Å². The molecule has 0 spiro atoms. The van der Waals surface area contributed by atoms with Crippen molar-refractivity contribution in [3.05, 3.63) is 71.4 Å². The zero-order valence-corrected chi connectivity index (χ0v) is 15.1. The van der Waals surface area contributed by atoms with Crippen molar-refractivity contribution in [2.24, 2.45) is 0 Å². The SMILES string of the molecule is CC(C)OC(=O)c1cc(F)c(F)cc1CC(=O)c1ccc(-n2ccnc2)nn1. The first kappa shape index (κ1) is 19.3. The number of hydrogen-bond acceptors (Lipinski definition) is 6. The van der Waals surface area contributed by atoms with E-state index in [-0.39, 0.29) is 23.2 Å². The molecule has 0 amide bonds. The Morgan fingerprint density at radius 1 is 1.14 bits per heavy atom. The molecule has 3 aromatic rings. The first-order chi connectivity index (χ1) is 13.3. The first-order valence-corrected chi connectivity index (χ1v) is 8.39. The standard InChI is InChI=1S/C19H16F2N4O3/c1-11(2)28-19(27)13-9-15(21)14(20)7-12(13)8-17(26)16-3-4-18(24-23-16)25-6-5-22-10-25/h3-7,9-11H,8H2,1-2H3. The topological polar surface area (TPSA) is 87.0 Å². The van der Waals surface area contributed by atoms with Gasteiger partial charge in [-0.05, 0) is 43.7 Å². The predicted molar refractivity (Wildman–Crippen MR) is 94.1 cm³/mol. The Morgan fingerprint density at radius 2 is 1.89 bits per heavy atom. The Morgan fingerprint density at radius 3 is 2.50 bits per heavy atom. The molecule has 0 fully saturated rings. The van der Waals surface area contributed by atoms with Gasteiger partial charge in [0.2, 0.25) is 0 Å². The summed E-state index contributed by atoms with van der Waals surface area (Å²) in [7, 11) is 0. The zero-order valence-electron chi connectivity index (χ0n) is 15.1. The van der Waals surface area contributed by atoms with Gasteiger partial charge in [-0.25, -0.2) is 18.6 Å². The van der Waals surface area contributed by atoms with E-state index in [0.29, 0.717) is 5.82 Å². The number of benzene rings is 1. The molecule has 0 aliphatic carbocycles. The number of nitrogens with zero attached hydrogens (tertiary/aromatic N) is 4. The van der Waals surface area contributed by atoms with E-state index < -0.39 is 29.5 Å². The van der Waals surface area contributed by atoms with Crippen LogP contribution in [0.25, 0.3) is 5.82 Å². The van der Waals surface area contributed by atoms with E-state index >= 15 is 0 Å². The van der Waals surface area contributed by atoms with Gasteiger partial charge in [0.1, 0.15) is 12.0 Å². The van der Waals surface area contributed by atoms with Gasteiger partial charge in [-0.3, -0.25) is 9.36 Å². The highest BCUT2D eigenvalue weighted by molar-refractivity contribution is 5.98. The summed E-state index contributed by atoms with van der Waals surface area (Å²) in [6.45, 7) is 3.25. The molecular formula is C19H16F2N4O3. The number of esters is 1. The van der Waals surface area contributed by atoms with Crippen LogP contribution >= 0.6 is 0 Å². The number of ether oxygens (including phenoxy) is 1. The molecule has 0 radical (unpaired) electrons. The Hall–Kier alpha value is -3.49. The molecule has 144 valence electrons. The average Bonchev–Trinajstić information content (AvgIpc) is 3.18. The Bertz CT molecular complexity index is 1000. The molecule has 2 heterocycles. The zero-order chi connectivity index (χ0) is 20.3. The summed E-state index contributed by atoms with van der Waals surface area (Å²) in [5.41, 5.74) is -0.171. The number of aromatic nitrogens is 4. The first-order valence-electron chi connectivity index (χ1n) is 8.39. The van der Waals surface area contributed by atoms with E-state index in [1.165, 1.54) is 12.4 Å². The highest BCUT2D eigenvalue weighted by Gasteiger charge is 2.21. The molecule has 3 rings (SSSR count). The van der Waals surface area contributed by atoms with Gasteiger partial charge in [0.25, 0.3) is 0 Å². The fourth-order valence-corrected chi connectivity index (χ4v) is 2.47. The summed E-state index contributed by atoms with van der Waals surface area (Å²) >= 11 is 0. The van der Waals surface area contributed by atoms with Gasteiger partial charge in [0.05, 0.1) is 11.7 Å². The molecule has 0 N–H and O–H groups in total. The van der Waals surface area contributed by atoms with Crippen LogP contribution in [0.4, 0.5) is 8.78 Å². The van der Waals surface area contributed by atoms with Gasteiger partial charge in [-0.2, -0.15) is 0 Å². The maximum absolute atomic E-state index is 13.7. The lowest BCUT2D eigenvalue weighted by atomic mass is 10.0. The van der Waals surface area contributed by atoms with E-state index in [9.17, 15) is 18.4 Å². The molecule has 0 atom stereocenters. The Labute approximate surface area is 159 Å². The second-order valence-corrected chi connectivity index (χ2v) is 6.22. The van der Waals surface area contributed by atoms with Crippen molar-refractivity contribution in [3.63, 3.8) is 0 Å². The van der Waals surface area contributed by atoms with E-state index in [2.05, 4.69) is 15.2 Å². The van der Waals surface area contributed by atoms with Crippen LogP contribution in [0, 0.1) is 11.6 Å². The molecule has 0 bridgehead atoms. The van der Waals surface area contributed by atoms with Crippen molar-refractivity contribution in [2.75, 3.05) is 0 Å². The van der Waals surface area contributed by atoms with E-state index in [1.54, 1.807) is 36.9 Å². The van der Waals surface area contributed by atoms with E-state index in [0.717, 1.165) is 12.1 Å². The third kappa shape index (κ3) is 4.25. The molecule has 0 saturated heterocycles. The van der Waals surface area contributed by atoms with Crippen molar-refractivity contribution < 1.29 is 23.1 Å². The number of Topliss-reactive ketones (excluding diaryl/α,β-unsaturated/α-hetero) is 1. The molecule has 0 saturated carbocycles. The minimum atomic E-state index is -1.20. The largest absolute Gasteiger partial charge is 0.459 e. The lowest BCUT2D eigenvalue weighted by molar-refractivity contribution is 0.0376. The molecule has 0 aliphatic rings. The van der Waals surface area contributed by atoms with Crippen molar-refractivity contribution >= 4 is 11.8 Å². The molecular weight excluding hydrogens is 370 g/mol. The molecule has 7 nitrogen and oxygen atoms in total. The maximum atomic E-state index is 13.7. The smallest absolute Gasteiger partial charge is 0.338 e. The fraction of sp³-hybridized carbons (Fsp3) is 0.211. The third-order valence-corrected chi connectivity index (χ3v) is 3.76. The number of imidazole rings is 1. The van der Waals surface area contributed by atoms with E-state index in [1.807, 2.05) is 0 Å². The third-order valence-electron chi connectivity index (χ3n) is 3.76. The highest BCUT2D eigenvalue weighted by atomic mass is 19.2. The van der Waals surface area contributed by atoms with Gasteiger partial charge in [-0.15, -0.1) is 10.2 Å². The van der Waals surface area contributed by atoms with Crippen molar-refractivity contribution in [3.8, 4) is 5.82 Å². The summed E-state index contributed by atoms with van der Waals surface area (Å²) < 4.78 is 33.9. The monoisotopic (exact) mass is 386 g/mol. The van der Waals surface area contributed by atoms with Crippen LogP contribution in [0.1, 0.15) is 40.3 Å². The molecule has 9 heteroatoms. The maximum Gasteiger partial charge on any atom is 0.338 e. The minimum absolute atomic E-state index is 0.00929. The number of rotatable bonds is 6. The Kier molecular flexibility index (Phi) is 5.53. The average molecular weight is 386 g/mol. The molecule has 0 aliphatic heterocycles. The van der Waals surface area contributed by atoms with Crippen LogP contribution in [0.3, 0.4) is 0 Å². The van der Waals surface area contributed by atoms with Gasteiger partial charge in [0, 0.05) is 18.8 Å². The summed E-state index contributed by atoms with van der Waals surface area (Å²) in [4.78, 5) is 28.6. The normalized spacial score (nSPS) is 10.9. The molecule has 1 aromatic carbocycles. The van der Waals surface area contributed by atoms with Crippen LogP contribution in [0.15, 0.2) is 43.0 Å². The predicted octanol–water partition coefficient (Wildman–Crippen LogP) is 2.93. The van der Waals surface area contributed by atoms with Crippen LogP contribution in [0.2, 0.25) is 0 Å². The molecule has 2 aromatic heterocycles. The minimum Gasteiger partial charge on any atom is -0.459 e. The summed E-state index contributed by atoms with van der Waals surface area (Å²) in [5, 5.41) is 7.80. The number of hydrogen-bond donors (Lipinski definition) is 0. The van der Waals surface area contributed by atoms with Gasteiger partial charge >= 0.3 is 5.97 Å². The molecule has 0 unspecified atom stereocenters. The van der Waals surface area contributed by atoms with Crippen molar-refractivity contribution in [1.82, 2.24) is 19.7 Å². The lowest BCUT2D eigenvalue weighted by Crippen LogP contribution is -2.17. The summed E-state index contributed by atoms with van der Waals surface area (Å²) in [5.74, 6) is -3.24. The van der Waals surface area contributed by atoms with Crippen LogP contribution < -0.4 is 0 Å². The molecule has 28 heavy (non-hydrogen) atoms. The van der Waals surface area contributed by atoms with Crippen molar-refractivity contribution in [2.45, 2.75) is 26.4 Å². The van der Waals surface area contributed by atoms with Crippen LogP contribution in [0.5, 0.6) is 0 Å². The summed E-state index contributed by atoms with van der Waals surface area (Å²) in [6.07, 6.45) is 3.95. The summed E-state index contributed by atoms with van der Waals surface area (Å²) in [6, 6.07) is 4.58. The quantitative estimate of drug-likeness (QED) is 0.478. The second kappa shape index (κ2) is 8.03. The Balaban J connectivity index is 1.85. The highest BCUT2D eigenvalue weighted by Crippen LogP contribution is 2.19. The number of ketones is 1. The number of halogens is 2. The van der Waals surface area contributed by atoms with Crippen LogP contribution in [-0.2, 0) is 11.2 Å². The van der Waals surface area contributed by atoms with Crippen molar-refractivity contribution in [1.29, 1.82) is 0 Å². The van der Waals surface area contributed by atoms with Gasteiger partial charge in [-0.1, -0.05) is 0 Å². The van der Waals surface area contributed by atoms with Gasteiger partial charge < -0.3 is 4.74 Å². The van der Waals surface area contributed by atoms with Gasteiger partial charge in [0.15, 0.2) is 23.2 Å². The number of carbonyl (C=O) groups is 2. The van der Waals surface area contributed by atoms with E-state index in [4.69, 9.17) is 4.74 Å². The number of carbonyl (C=O) groups excluding carboxylic acids is 2. The second-order valence-electron chi connectivity index (χ2n) is 6.22. The lowest BCUT2D eigenvalue weighted by Gasteiger charge is -2.12.